The topological polar surface area (TPSA) is 66.9 Å². The third-order valence-electron chi connectivity index (χ3n) is 0.858. The maximum atomic E-state index is 10.5. The predicted octanol–water partition coefficient (Wildman–Crippen LogP) is 0.332. The first-order valence-corrected chi connectivity index (χ1v) is 2.47. The molecule has 0 aliphatic rings. The van der Waals surface area contributed by atoms with Crippen LogP contribution in [0, 0.1) is 11.3 Å². The molecule has 0 aromatic rings. The van der Waals surface area contributed by atoms with Gasteiger partial charge in [-0.15, -0.1) is 0 Å². The highest BCUT2D eigenvalue weighted by Crippen LogP contribution is 1.96. The van der Waals surface area contributed by atoms with Gasteiger partial charge in [0.1, 0.15) is 11.6 Å². The number of nitriles is 1. The molecule has 0 saturated heterocycles. The molecule has 0 unspecified atom stereocenters. The fraction of sp³-hybridized carbons (Fsp3) is 0.333. The van der Waals surface area contributed by atoms with Crippen LogP contribution in [0.1, 0.15) is 13.8 Å². The van der Waals surface area contributed by atoms with Gasteiger partial charge in [-0.05, 0) is 13.8 Å². The normalized spacial score (nSPS) is 11.7. The van der Waals surface area contributed by atoms with Gasteiger partial charge in [-0.1, -0.05) is 0 Å². The number of hydrogen-bond donors (Lipinski definition) is 1. The molecule has 0 heterocycles. The first kappa shape index (κ1) is 7.70. The lowest BCUT2D eigenvalue weighted by molar-refractivity contribution is -0.113. The van der Waals surface area contributed by atoms with Gasteiger partial charge >= 0.3 is 0 Å². The van der Waals surface area contributed by atoms with E-state index in [0.29, 0.717) is 0 Å². The summed E-state index contributed by atoms with van der Waals surface area (Å²) >= 11 is 0. The summed E-state index contributed by atoms with van der Waals surface area (Å²) in [6.07, 6.45) is 0. The highest BCUT2D eigenvalue weighted by atomic mass is 16.1. The summed E-state index contributed by atoms with van der Waals surface area (Å²) in [4.78, 5) is 10.5. The van der Waals surface area contributed by atoms with Crippen LogP contribution in [0.25, 0.3) is 0 Å². The van der Waals surface area contributed by atoms with Crippen LogP contribution < -0.4 is 5.73 Å². The smallest absolute Gasteiger partial charge is 0.172 e. The van der Waals surface area contributed by atoms with Crippen LogP contribution in [0.4, 0.5) is 0 Å². The summed E-state index contributed by atoms with van der Waals surface area (Å²) in [5, 5.41) is 8.26. The van der Waals surface area contributed by atoms with Gasteiger partial charge in [0.25, 0.3) is 0 Å². The van der Waals surface area contributed by atoms with Crippen molar-refractivity contribution in [3.8, 4) is 6.07 Å². The molecule has 2 N–H and O–H groups in total. The molecule has 0 radical (unpaired) electrons. The molecule has 0 aliphatic heterocycles. The fourth-order valence-corrected chi connectivity index (χ4v) is 0.445. The minimum atomic E-state index is -0.280. The van der Waals surface area contributed by atoms with Gasteiger partial charge in [-0.2, -0.15) is 5.26 Å². The largest absolute Gasteiger partial charge is 0.401 e. The zero-order chi connectivity index (χ0) is 7.44. The molecule has 0 atom stereocenters. The van der Waals surface area contributed by atoms with Crippen LogP contribution in [0.5, 0.6) is 0 Å². The zero-order valence-electron chi connectivity index (χ0n) is 5.43. The van der Waals surface area contributed by atoms with Crippen molar-refractivity contribution in [1.82, 2.24) is 0 Å². The van der Waals surface area contributed by atoms with Gasteiger partial charge in [-0.25, -0.2) is 0 Å². The minimum Gasteiger partial charge on any atom is -0.401 e. The highest BCUT2D eigenvalue weighted by Gasteiger charge is 2.02. The molecule has 0 fully saturated rings. The summed E-state index contributed by atoms with van der Waals surface area (Å²) in [5.74, 6) is -0.280. The highest BCUT2D eigenvalue weighted by molar-refractivity contribution is 5.97. The molecule has 3 nitrogen and oxygen atoms in total. The van der Waals surface area contributed by atoms with Crippen LogP contribution in [0.15, 0.2) is 11.3 Å². The maximum absolute atomic E-state index is 10.5. The summed E-state index contributed by atoms with van der Waals surface area (Å²) in [6.45, 7) is 2.84. The van der Waals surface area contributed by atoms with E-state index in [4.69, 9.17) is 11.0 Å². The molecule has 48 valence electrons. The number of nitrogens with zero attached hydrogens (tertiary/aromatic N) is 1. The van der Waals surface area contributed by atoms with Crippen molar-refractivity contribution < 1.29 is 4.79 Å². The number of Topliss-reactive ketones (excluding diaryl/α,β-unsaturated/α-hetero) is 1. The van der Waals surface area contributed by atoms with Crippen molar-refractivity contribution in [3.63, 3.8) is 0 Å². The van der Waals surface area contributed by atoms with Crippen molar-refractivity contribution in [3.05, 3.63) is 11.3 Å². The van der Waals surface area contributed by atoms with E-state index in [9.17, 15) is 4.79 Å². The third-order valence-corrected chi connectivity index (χ3v) is 0.858. The summed E-state index contributed by atoms with van der Waals surface area (Å²) < 4.78 is 0. The average Bonchev–Trinajstić information content (AvgIpc) is 1.64. The van der Waals surface area contributed by atoms with Crippen LogP contribution in [0.2, 0.25) is 0 Å². The lowest BCUT2D eigenvalue weighted by Gasteiger charge is -1.91. The van der Waals surface area contributed by atoms with Gasteiger partial charge in [0.15, 0.2) is 5.78 Å². The Kier molecular flexibility index (Phi) is 2.46. The second-order valence-electron chi connectivity index (χ2n) is 1.73. The molecule has 0 aromatic carbocycles. The Morgan fingerprint density at radius 3 is 2.00 bits per heavy atom. The van der Waals surface area contributed by atoms with Gasteiger partial charge in [0, 0.05) is 5.70 Å². The summed E-state index contributed by atoms with van der Waals surface area (Å²) in [7, 11) is 0. The van der Waals surface area contributed by atoms with Crippen molar-refractivity contribution in [2.45, 2.75) is 13.8 Å². The molecule has 0 saturated carbocycles. The van der Waals surface area contributed by atoms with Crippen LogP contribution in [-0.2, 0) is 4.79 Å². The standard InChI is InChI=1S/C6H8N2O/c1-4(8)6(3-7)5(2)9/h8H2,1-2H3/b6-4-. The van der Waals surface area contributed by atoms with E-state index < -0.39 is 0 Å². The van der Waals surface area contributed by atoms with E-state index >= 15 is 0 Å². The number of rotatable bonds is 1. The Morgan fingerprint density at radius 2 is 2.00 bits per heavy atom. The second kappa shape index (κ2) is 2.88. The number of carbonyl (C=O) groups is 1. The molecule has 0 bridgehead atoms. The lowest BCUT2D eigenvalue weighted by atomic mass is 10.2. The average molecular weight is 124 g/mol. The Labute approximate surface area is 53.8 Å². The van der Waals surface area contributed by atoms with Gasteiger partial charge < -0.3 is 5.73 Å². The molecule has 0 aliphatic carbocycles. The summed E-state index contributed by atoms with van der Waals surface area (Å²) in [6, 6.07) is 1.71. The Morgan fingerprint density at radius 1 is 1.56 bits per heavy atom. The van der Waals surface area contributed by atoms with Gasteiger partial charge in [0.2, 0.25) is 0 Å². The Balaban J connectivity index is 4.62. The van der Waals surface area contributed by atoms with Crippen molar-refractivity contribution in [2.24, 2.45) is 5.73 Å². The van der Waals surface area contributed by atoms with Crippen molar-refractivity contribution in [1.29, 1.82) is 5.26 Å². The van der Waals surface area contributed by atoms with E-state index in [0.717, 1.165) is 0 Å². The zero-order valence-corrected chi connectivity index (χ0v) is 5.43. The monoisotopic (exact) mass is 124 g/mol. The minimum absolute atomic E-state index is 0.0509. The van der Waals surface area contributed by atoms with Crippen LogP contribution in [0.3, 0.4) is 0 Å². The molecule has 0 spiro atoms. The molecule has 0 amide bonds. The molecule has 0 rings (SSSR count). The summed E-state index contributed by atoms with van der Waals surface area (Å²) in [5.41, 5.74) is 5.52. The van der Waals surface area contributed by atoms with Gasteiger partial charge in [-0.3, -0.25) is 4.79 Å². The van der Waals surface area contributed by atoms with E-state index in [2.05, 4.69) is 0 Å². The lowest BCUT2D eigenvalue weighted by Crippen LogP contribution is -2.03. The first-order valence-electron chi connectivity index (χ1n) is 2.47. The predicted molar refractivity (Wildman–Crippen MR) is 33.2 cm³/mol. The van der Waals surface area contributed by atoms with E-state index in [-0.39, 0.29) is 17.1 Å². The van der Waals surface area contributed by atoms with Crippen LogP contribution >= 0.6 is 0 Å². The van der Waals surface area contributed by atoms with E-state index in [1.54, 1.807) is 6.07 Å². The Hall–Kier alpha value is -1.30. The third kappa shape index (κ3) is 1.96. The maximum Gasteiger partial charge on any atom is 0.172 e. The molecule has 9 heavy (non-hydrogen) atoms. The Bertz CT molecular complexity index is 194. The SMILES string of the molecule is CC(=O)/C(C#N)=C(/C)N. The van der Waals surface area contributed by atoms with Crippen LogP contribution in [-0.4, -0.2) is 5.78 Å². The number of hydrogen-bond acceptors (Lipinski definition) is 3. The van der Waals surface area contributed by atoms with Crippen molar-refractivity contribution in [2.75, 3.05) is 0 Å². The number of ketones is 1. The van der Waals surface area contributed by atoms with E-state index in [1.807, 2.05) is 0 Å². The molecule has 0 aromatic heterocycles. The number of nitrogens with two attached hydrogens (primary N) is 1. The fourth-order valence-electron chi connectivity index (χ4n) is 0.445. The quantitative estimate of drug-likeness (QED) is 0.404. The molecule has 3 heteroatoms. The van der Waals surface area contributed by atoms with Gasteiger partial charge in [0.05, 0.1) is 0 Å². The number of allylic oxidation sites excluding steroid dienone is 2. The number of carbonyl (C=O) groups excluding carboxylic acids is 1. The second-order valence-corrected chi connectivity index (χ2v) is 1.73. The van der Waals surface area contributed by atoms with E-state index in [1.165, 1.54) is 13.8 Å². The molecular weight excluding hydrogens is 116 g/mol. The van der Waals surface area contributed by atoms with Crippen molar-refractivity contribution >= 4 is 5.78 Å². The molecular formula is C6H8N2O. The first-order chi connectivity index (χ1) is 4.09.